The Morgan fingerprint density at radius 2 is 1.53 bits per heavy atom. The molecule has 3 heterocycles. The van der Waals surface area contributed by atoms with Crippen LogP contribution in [0.25, 0.3) is 0 Å². The second-order valence-electron chi connectivity index (χ2n) is 10.5. The normalized spacial score (nSPS) is 28.6. The molecule has 0 spiro atoms. The summed E-state index contributed by atoms with van der Waals surface area (Å²) in [5.74, 6) is -6.14. The van der Waals surface area contributed by atoms with Gasteiger partial charge in [0.2, 0.25) is 23.6 Å². The summed E-state index contributed by atoms with van der Waals surface area (Å²) in [6.45, 7) is -0.699. The Hall–Kier alpha value is -3.47. The van der Waals surface area contributed by atoms with Crippen molar-refractivity contribution in [2.75, 3.05) is 13.1 Å². The van der Waals surface area contributed by atoms with Crippen molar-refractivity contribution >= 4 is 23.6 Å². The number of hydrogen-bond acceptors (Lipinski definition) is 5. The summed E-state index contributed by atoms with van der Waals surface area (Å²) in [5, 5.41) is 2.54. The zero-order valence-electron chi connectivity index (χ0n) is 20.6. The zero-order valence-corrected chi connectivity index (χ0v) is 20.6. The van der Waals surface area contributed by atoms with E-state index in [1.54, 1.807) is 29.2 Å². The van der Waals surface area contributed by atoms with Crippen molar-refractivity contribution in [3.63, 3.8) is 0 Å². The molecule has 1 aromatic carbocycles. The molecule has 11 heteroatoms. The van der Waals surface area contributed by atoms with Crippen molar-refractivity contribution in [2.45, 2.75) is 50.2 Å². The summed E-state index contributed by atoms with van der Waals surface area (Å²) in [5.41, 5.74) is 6.36. The van der Waals surface area contributed by atoms with E-state index in [4.69, 9.17) is 5.73 Å². The SMILES string of the molecule is NC(Cc1cc(F)c(F)cc1F)C1CC2CCC(C1)N2C(=O)CNC(=O)CN1C(=O)C2C=CC=CC2C1=O. The fourth-order valence-corrected chi connectivity index (χ4v) is 6.29. The van der Waals surface area contributed by atoms with Crippen molar-refractivity contribution in [2.24, 2.45) is 23.5 Å². The highest BCUT2D eigenvalue weighted by Gasteiger charge is 2.47. The smallest absolute Gasteiger partial charge is 0.242 e. The highest BCUT2D eigenvalue weighted by atomic mass is 19.2. The number of allylic oxidation sites excluding steroid dienone is 2. The van der Waals surface area contributed by atoms with Crippen LogP contribution >= 0.6 is 0 Å². The van der Waals surface area contributed by atoms with Crippen LogP contribution in [0.5, 0.6) is 0 Å². The Morgan fingerprint density at radius 3 is 2.13 bits per heavy atom. The molecule has 3 fully saturated rings. The molecule has 1 aromatic rings. The minimum absolute atomic E-state index is 0.0197. The average molecular weight is 531 g/mol. The van der Waals surface area contributed by atoms with Crippen LogP contribution in [-0.2, 0) is 25.6 Å². The Bertz CT molecular complexity index is 1190. The number of hydrogen-bond donors (Lipinski definition) is 2. The molecule has 1 aliphatic carbocycles. The lowest BCUT2D eigenvalue weighted by Gasteiger charge is -2.41. The first-order chi connectivity index (χ1) is 18.1. The van der Waals surface area contributed by atoms with Crippen LogP contribution in [0, 0.1) is 35.2 Å². The van der Waals surface area contributed by atoms with Crippen molar-refractivity contribution in [1.29, 1.82) is 0 Å². The van der Waals surface area contributed by atoms with Gasteiger partial charge in [0.25, 0.3) is 0 Å². The molecule has 0 radical (unpaired) electrons. The fourth-order valence-electron chi connectivity index (χ4n) is 6.29. The van der Waals surface area contributed by atoms with E-state index < -0.39 is 59.6 Å². The molecule has 3 aliphatic heterocycles. The third-order valence-electron chi connectivity index (χ3n) is 8.18. The minimum Gasteiger partial charge on any atom is -0.345 e. The molecule has 0 aromatic heterocycles. The molecule has 38 heavy (non-hydrogen) atoms. The van der Waals surface area contributed by atoms with Crippen molar-refractivity contribution in [3.8, 4) is 0 Å². The number of rotatable bonds is 7. The van der Waals surface area contributed by atoms with Crippen LogP contribution in [0.3, 0.4) is 0 Å². The number of fused-ring (bicyclic) bond motifs is 3. The number of imide groups is 1. The highest BCUT2D eigenvalue weighted by Crippen LogP contribution is 2.40. The van der Waals surface area contributed by atoms with Gasteiger partial charge in [0.15, 0.2) is 11.6 Å². The second-order valence-corrected chi connectivity index (χ2v) is 10.5. The van der Waals surface area contributed by atoms with Gasteiger partial charge >= 0.3 is 0 Å². The highest BCUT2D eigenvalue weighted by molar-refractivity contribution is 6.09. The number of carbonyl (C=O) groups is 4. The Labute approximate surface area is 217 Å². The molecule has 0 saturated carbocycles. The van der Waals surface area contributed by atoms with Gasteiger partial charge in [-0.1, -0.05) is 24.3 Å². The molecule has 5 rings (SSSR count). The fraction of sp³-hybridized carbons (Fsp3) is 0.481. The molecule has 202 valence electrons. The third kappa shape index (κ3) is 4.87. The van der Waals surface area contributed by atoms with Gasteiger partial charge in [0, 0.05) is 24.2 Å². The van der Waals surface area contributed by atoms with Crippen LogP contribution in [0.2, 0.25) is 0 Å². The van der Waals surface area contributed by atoms with Gasteiger partial charge in [0.05, 0.1) is 18.4 Å². The largest absolute Gasteiger partial charge is 0.345 e. The van der Waals surface area contributed by atoms with Crippen molar-refractivity contribution < 1.29 is 32.3 Å². The van der Waals surface area contributed by atoms with E-state index in [9.17, 15) is 32.3 Å². The number of likely N-dealkylation sites (tertiary alicyclic amines) is 1. The maximum absolute atomic E-state index is 14.1. The predicted octanol–water partition coefficient (Wildman–Crippen LogP) is 1.59. The van der Waals surface area contributed by atoms with E-state index in [-0.39, 0.29) is 42.4 Å². The second kappa shape index (κ2) is 10.4. The topological polar surface area (TPSA) is 113 Å². The summed E-state index contributed by atoms with van der Waals surface area (Å²) < 4.78 is 40.9. The van der Waals surface area contributed by atoms with E-state index >= 15 is 0 Å². The number of amides is 4. The molecule has 5 atom stereocenters. The van der Waals surface area contributed by atoms with Gasteiger partial charge in [-0.15, -0.1) is 0 Å². The molecule has 3 N–H and O–H groups in total. The number of piperidine rings is 1. The molecule has 5 unspecified atom stereocenters. The molecular weight excluding hydrogens is 501 g/mol. The van der Waals surface area contributed by atoms with E-state index in [2.05, 4.69) is 5.32 Å². The number of carbonyl (C=O) groups excluding carboxylic acids is 4. The van der Waals surface area contributed by atoms with Gasteiger partial charge < -0.3 is 16.0 Å². The standard InChI is InChI=1S/C27H29F3N4O4/c28-20-11-22(30)21(29)9-14(20)10-23(31)15-7-16-5-6-17(8-15)34(16)25(36)12-32-24(35)13-33-26(37)18-3-1-2-4-19(18)27(33)38/h1-4,9,11,15-19,23H,5-8,10,12-13,31H2,(H,32,35). The molecule has 4 aliphatic rings. The van der Waals surface area contributed by atoms with Crippen LogP contribution in [-0.4, -0.2) is 64.6 Å². The molecule has 4 amide bonds. The quantitative estimate of drug-likeness (QED) is 0.411. The first kappa shape index (κ1) is 26.1. The number of nitrogens with zero attached hydrogens (tertiary/aromatic N) is 2. The minimum atomic E-state index is -1.25. The van der Waals surface area contributed by atoms with Crippen LogP contribution in [0.15, 0.2) is 36.4 Å². The first-order valence-electron chi connectivity index (χ1n) is 12.8. The van der Waals surface area contributed by atoms with E-state index in [1.807, 2.05) is 0 Å². The van der Waals surface area contributed by atoms with Gasteiger partial charge in [-0.3, -0.25) is 24.1 Å². The van der Waals surface area contributed by atoms with E-state index in [0.717, 1.165) is 23.8 Å². The van der Waals surface area contributed by atoms with E-state index in [0.29, 0.717) is 18.9 Å². The lowest BCUT2D eigenvalue weighted by Crippen LogP contribution is -2.53. The summed E-state index contributed by atoms with van der Waals surface area (Å²) in [4.78, 5) is 53.2. The Balaban J connectivity index is 1.13. The van der Waals surface area contributed by atoms with E-state index in [1.165, 1.54) is 0 Å². The van der Waals surface area contributed by atoms with Gasteiger partial charge in [-0.2, -0.15) is 0 Å². The number of nitrogens with two attached hydrogens (primary N) is 1. The Morgan fingerprint density at radius 1 is 0.947 bits per heavy atom. The van der Waals surface area contributed by atoms with Crippen LogP contribution < -0.4 is 11.1 Å². The summed E-state index contributed by atoms with van der Waals surface area (Å²) in [6, 6.07) is 0.691. The Kier molecular flexibility index (Phi) is 7.13. The number of halogens is 3. The molecule has 8 nitrogen and oxygen atoms in total. The maximum Gasteiger partial charge on any atom is 0.242 e. The number of nitrogens with one attached hydrogen (secondary N) is 1. The summed E-state index contributed by atoms with van der Waals surface area (Å²) in [7, 11) is 0. The van der Waals surface area contributed by atoms with Gasteiger partial charge in [-0.05, 0) is 49.7 Å². The van der Waals surface area contributed by atoms with Crippen molar-refractivity contribution in [3.05, 3.63) is 59.5 Å². The zero-order chi connectivity index (χ0) is 27.1. The van der Waals surface area contributed by atoms with Gasteiger partial charge in [-0.25, -0.2) is 13.2 Å². The molecule has 3 saturated heterocycles. The summed E-state index contributed by atoms with van der Waals surface area (Å²) in [6.07, 6.45) is 9.45. The van der Waals surface area contributed by atoms with Crippen molar-refractivity contribution in [1.82, 2.24) is 15.1 Å². The van der Waals surface area contributed by atoms with Crippen LogP contribution in [0.4, 0.5) is 13.2 Å². The predicted molar refractivity (Wildman–Crippen MR) is 129 cm³/mol. The molecule has 2 bridgehead atoms. The number of benzene rings is 1. The lowest BCUT2D eigenvalue weighted by atomic mass is 9.82. The summed E-state index contributed by atoms with van der Waals surface area (Å²) >= 11 is 0. The lowest BCUT2D eigenvalue weighted by molar-refractivity contribution is -0.143. The van der Waals surface area contributed by atoms with Gasteiger partial charge in [0.1, 0.15) is 12.4 Å². The first-order valence-corrected chi connectivity index (χ1v) is 12.8. The third-order valence-corrected chi connectivity index (χ3v) is 8.18. The van der Waals surface area contributed by atoms with Crippen LogP contribution in [0.1, 0.15) is 31.2 Å². The maximum atomic E-state index is 14.1. The molecular formula is C27H29F3N4O4. The average Bonchev–Trinajstić information content (AvgIpc) is 3.29. The monoisotopic (exact) mass is 530 g/mol.